The molecule has 156 valence electrons. The predicted octanol–water partition coefficient (Wildman–Crippen LogP) is 4.40. The summed E-state index contributed by atoms with van der Waals surface area (Å²) in [5, 5.41) is 6.99. The van der Waals surface area contributed by atoms with Gasteiger partial charge in [0.05, 0.1) is 0 Å². The fourth-order valence-electron chi connectivity index (χ4n) is 2.30. The van der Waals surface area contributed by atoms with Crippen LogP contribution in [0.1, 0.15) is 36.5 Å². The van der Waals surface area contributed by atoms with E-state index in [0.717, 1.165) is 19.3 Å². The molecule has 0 radical (unpaired) electrons. The Balaban J connectivity index is 0.00000364. The van der Waals surface area contributed by atoms with Crippen molar-refractivity contribution in [2.45, 2.75) is 32.2 Å². The molecule has 6 N–H and O–H groups in total. The number of rotatable bonds is 9. The smallest absolute Gasteiger partial charge is 0.254 e. The molecule has 7 nitrogen and oxygen atoms in total. The highest BCUT2D eigenvalue weighted by atomic mass is 35.5. The molecule has 2 aromatic rings. The molecule has 1 unspecified atom stereocenters. The van der Waals surface area contributed by atoms with Crippen molar-refractivity contribution in [3.8, 4) is 0 Å². The van der Waals surface area contributed by atoms with Crippen LogP contribution in [0, 0.1) is 0 Å². The molecular weight excluding hydrogens is 446 g/mol. The Hall–Kier alpha value is -1.51. The summed E-state index contributed by atoms with van der Waals surface area (Å²) in [4.78, 5) is 20.1. The lowest BCUT2D eigenvalue weighted by molar-refractivity contribution is 0.100. The number of hydrogen-bond acceptors (Lipinski definition) is 6. The van der Waals surface area contributed by atoms with Crippen molar-refractivity contribution in [3.63, 3.8) is 0 Å². The monoisotopic (exact) mass is 468 g/mol. The number of hydrogen-bond donors (Lipinski definition) is 4. The predicted molar refractivity (Wildman–Crippen MR) is 121 cm³/mol. The van der Waals surface area contributed by atoms with Gasteiger partial charge in [0.2, 0.25) is 5.95 Å². The van der Waals surface area contributed by atoms with Crippen LogP contribution in [0.25, 0.3) is 0 Å². The third-order valence-corrected chi connectivity index (χ3v) is 4.07. The quantitative estimate of drug-likeness (QED) is 0.432. The number of nitrogens with zero attached hydrogens (tertiary/aromatic N) is 2. The molecule has 2 rings (SSSR count). The van der Waals surface area contributed by atoms with Crippen molar-refractivity contribution in [1.29, 1.82) is 0 Å². The normalized spacial score (nSPS) is 11.0. The highest BCUT2D eigenvalue weighted by Crippen LogP contribution is 2.26. The number of amides is 1. The van der Waals surface area contributed by atoms with Gasteiger partial charge in [-0.05, 0) is 24.6 Å². The Bertz CT molecular complexity index is 757. The minimum atomic E-state index is -0.646. The van der Waals surface area contributed by atoms with E-state index in [2.05, 4.69) is 27.5 Å². The molecule has 0 aliphatic rings. The number of primary amides is 1. The van der Waals surface area contributed by atoms with Crippen molar-refractivity contribution in [1.82, 2.24) is 9.97 Å². The average molecular weight is 470 g/mol. The van der Waals surface area contributed by atoms with Crippen molar-refractivity contribution in [2.24, 2.45) is 11.5 Å². The highest BCUT2D eigenvalue weighted by molar-refractivity contribution is 6.35. The van der Waals surface area contributed by atoms with Gasteiger partial charge in [-0.1, -0.05) is 43.0 Å². The van der Waals surface area contributed by atoms with Crippen LogP contribution >= 0.6 is 48.0 Å². The van der Waals surface area contributed by atoms with Crippen LogP contribution in [0.4, 0.5) is 17.5 Å². The Labute approximate surface area is 186 Å². The molecule has 1 atom stereocenters. The van der Waals surface area contributed by atoms with Crippen LogP contribution < -0.4 is 22.1 Å². The van der Waals surface area contributed by atoms with E-state index >= 15 is 0 Å². The summed E-state index contributed by atoms with van der Waals surface area (Å²) in [6, 6.07) is 4.92. The van der Waals surface area contributed by atoms with Gasteiger partial charge in [0, 0.05) is 34.5 Å². The number of benzene rings is 1. The molecule has 0 aliphatic carbocycles. The number of nitrogens with two attached hydrogens (primary N) is 2. The molecule has 0 bridgehead atoms. The second-order valence-corrected chi connectivity index (χ2v) is 6.76. The van der Waals surface area contributed by atoms with E-state index in [0.29, 0.717) is 28.2 Å². The van der Waals surface area contributed by atoms with E-state index in [4.69, 9.17) is 34.7 Å². The largest absolute Gasteiger partial charge is 0.365 e. The standard InChI is InChI=1S/C17H22Cl2N6O.2ClH/c1-2-3-4-12(20)8-22-17-23-9-14(15(21)26)16(25-17)24-13-6-10(18)5-11(19)7-13;;/h5-7,9,12H,2-4,8,20H2,1H3,(H2,21,26)(H2,22,23,24,25);2*1H. The van der Waals surface area contributed by atoms with Crippen LogP contribution in [0.3, 0.4) is 0 Å². The number of carbonyl (C=O) groups is 1. The van der Waals surface area contributed by atoms with E-state index in [1.165, 1.54) is 6.20 Å². The summed E-state index contributed by atoms with van der Waals surface area (Å²) in [5.41, 5.74) is 12.2. The first kappa shape index (κ1) is 26.5. The zero-order valence-corrected chi connectivity index (χ0v) is 18.4. The van der Waals surface area contributed by atoms with E-state index < -0.39 is 5.91 Å². The van der Waals surface area contributed by atoms with Gasteiger partial charge in [-0.15, -0.1) is 24.8 Å². The van der Waals surface area contributed by atoms with Crippen LogP contribution in [-0.4, -0.2) is 28.5 Å². The SMILES string of the molecule is CCCCC(N)CNc1ncc(C(N)=O)c(Nc2cc(Cl)cc(Cl)c2)n1.Cl.Cl. The Kier molecular flexibility index (Phi) is 12.2. The van der Waals surface area contributed by atoms with Crippen LogP contribution in [-0.2, 0) is 0 Å². The molecule has 1 heterocycles. The first-order valence-corrected chi connectivity index (χ1v) is 9.04. The molecule has 28 heavy (non-hydrogen) atoms. The molecule has 0 aliphatic heterocycles. The molecule has 1 aromatic heterocycles. The first-order chi connectivity index (χ1) is 12.4. The van der Waals surface area contributed by atoms with Crippen molar-refractivity contribution >= 4 is 71.4 Å². The lowest BCUT2D eigenvalue weighted by Gasteiger charge is -2.14. The molecule has 0 fully saturated rings. The second kappa shape index (κ2) is 12.9. The number of carbonyl (C=O) groups excluding carboxylic acids is 1. The van der Waals surface area contributed by atoms with Crippen molar-refractivity contribution in [2.75, 3.05) is 17.2 Å². The number of halogens is 4. The average Bonchev–Trinajstić information content (AvgIpc) is 2.57. The van der Waals surface area contributed by atoms with E-state index in [1.807, 2.05) is 0 Å². The van der Waals surface area contributed by atoms with Crippen LogP contribution in [0.2, 0.25) is 10.0 Å². The van der Waals surface area contributed by atoms with Gasteiger partial charge in [-0.2, -0.15) is 4.98 Å². The van der Waals surface area contributed by atoms with Gasteiger partial charge < -0.3 is 22.1 Å². The summed E-state index contributed by atoms with van der Waals surface area (Å²) in [6.45, 7) is 2.64. The van der Waals surface area contributed by atoms with Gasteiger partial charge in [-0.3, -0.25) is 4.79 Å². The first-order valence-electron chi connectivity index (χ1n) is 8.28. The van der Waals surface area contributed by atoms with Crippen LogP contribution in [0.15, 0.2) is 24.4 Å². The van der Waals surface area contributed by atoms with Gasteiger partial charge in [-0.25, -0.2) is 4.98 Å². The van der Waals surface area contributed by atoms with Crippen molar-refractivity contribution < 1.29 is 4.79 Å². The molecule has 11 heteroatoms. The number of aromatic nitrogens is 2. The van der Waals surface area contributed by atoms with Gasteiger partial charge >= 0.3 is 0 Å². The fourth-order valence-corrected chi connectivity index (χ4v) is 2.82. The van der Waals surface area contributed by atoms with Crippen LogP contribution in [0.5, 0.6) is 0 Å². The second-order valence-electron chi connectivity index (χ2n) is 5.89. The topological polar surface area (TPSA) is 119 Å². The highest BCUT2D eigenvalue weighted by Gasteiger charge is 2.13. The number of nitrogens with one attached hydrogen (secondary N) is 2. The maximum atomic E-state index is 11.7. The molecular formula is C17H24Cl4N6O. The molecule has 0 saturated carbocycles. The molecule has 1 aromatic carbocycles. The summed E-state index contributed by atoms with van der Waals surface area (Å²) in [7, 11) is 0. The van der Waals surface area contributed by atoms with E-state index in [9.17, 15) is 4.79 Å². The summed E-state index contributed by atoms with van der Waals surface area (Å²) < 4.78 is 0. The molecule has 0 saturated heterocycles. The summed E-state index contributed by atoms with van der Waals surface area (Å²) in [5.74, 6) is -0.0418. The third-order valence-electron chi connectivity index (χ3n) is 3.63. The maximum absolute atomic E-state index is 11.7. The molecule has 0 spiro atoms. The molecule has 1 amide bonds. The van der Waals surface area contributed by atoms with Gasteiger partial charge in [0.15, 0.2) is 0 Å². The zero-order chi connectivity index (χ0) is 19.1. The van der Waals surface area contributed by atoms with Crippen molar-refractivity contribution in [3.05, 3.63) is 40.0 Å². The Morgan fingerprint density at radius 2 is 1.86 bits per heavy atom. The minimum absolute atomic E-state index is 0. The van der Waals surface area contributed by atoms with Gasteiger partial charge in [0.25, 0.3) is 5.91 Å². The third kappa shape index (κ3) is 8.24. The summed E-state index contributed by atoms with van der Waals surface area (Å²) >= 11 is 12.0. The minimum Gasteiger partial charge on any atom is -0.365 e. The zero-order valence-electron chi connectivity index (χ0n) is 15.2. The number of anilines is 3. The maximum Gasteiger partial charge on any atom is 0.254 e. The van der Waals surface area contributed by atoms with E-state index in [1.54, 1.807) is 18.2 Å². The van der Waals surface area contributed by atoms with Gasteiger partial charge in [0.1, 0.15) is 11.4 Å². The van der Waals surface area contributed by atoms with E-state index in [-0.39, 0.29) is 42.2 Å². The fraction of sp³-hybridized carbons (Fsp3) is 0.353. The summed E-state index contributed by atoms with van der Waals surface area (Å²) in [6.07, 6.45) is 4.43. The Morgan fingerprint density at radius 1 is 1.21 bits per heavy atom. The Morgan fingerprint density at radius 3 is 2.43 bits per heavy atom. The lowest BCUT2D eigenvalue weighted by Crippen LogP contribution is -2.29. The lowest BCUT2D eigenvalue weighted by atomic mass is 10.1. The number of unbranched alkanes of at least 4 members (excludes halogenated alkanes) is 1.